The molecule has 5 heteroatoms. The van der Waals surface area contributed by atoms with E-state index in [0.29, 0.717) is 25.2 Å². The minimum absolute atomic E-state index is 0.0861. The van der Waals surface area contributed by atoms with Gasteiger partial charge in [0.1, 0.15) is 5.69 Å². The van der Waals surface area contributed by atoms with E-state index in [1.807, 2.05) is 19.9 Å². The molecule has 0 saturated carbocycles. The van der Waals surface area contributed by atoms with Crippen molar-refractivity contribution in [2.45, 2.75) is 39.7 Å². The van der Waals surface area contributed by atoms with Crippen LogP contribution in [0.1, 0.15) is 42.9 Å². The van der Waals surface area contributed by atoms with E-state index in [9.17, 15) is 4.79 Å². The van der Waals surface area contributed by atoms with Gasteiger partial charge in [-0.25, -0.2) is 0 Å². The molecule has 0 saturated heterocycles. The number of unbranched alkanes of at least 4 members (excludes halogenated alkanes) is 1. The molecule has 0 spiro atoms. The van der Waals surface area contributed by atoms with Crippen LogP contribution in [-0.4, -0.2) is 33.9 Å². The number of hydrogen-bond donors (Lipinski definition) is 2. The van der Waals surface area contributed by atoms with Gasteiger partial charge in [0.25, 0.3) is 5.91 Å². The van der Waals surface area contributed by atoms with E-state index < -0.39 is 0 Å². The van der Waals surface area contributed by atoms with E-state index in [1.54, 1.807) is 4.68 Å². The summed E-state index contributed by atoms with van der Waals surface area (Å²) in [5, 5.41) is 15.8. The standard InChI is InChI=1S/C12H21N3O2/c1-3-10-9-11(15(4-2)14-10)12(17)13-7-5-6-8-16/h9,16H,3-8H2,1-2H3,(H,13,17). The van der Waals surface area contributed by atoms with E-state index in [1.165, 1.54) is 0 Å². The summed E-state index contributed by atoms with van der Waals surface area (Å²) in [5.74, 6) is -0.0861. The summed E-state index contributed by atoms with van der Waals surface area (Å²) >= 11 is 0. The maximum atomic E-state index is 11.9. The van der Waals surface area contributed by atoms with E-state index in [0.717, 1.165) is 18.5 Å². The summed E-state index contributed by atoms with van der Waals surface area (Å²) in [5.41, 5.74) is 1.56. The van der Waals surface area contributed by atoms with Gasteiger partial charge in [0.2, 0.25) is 0 Å². The molecule has 1 aromatic rings. The molecular weight excluding hydrogens is 218 g/mol. The lowest BCUT2D eigenvalue weighted by atomic mass is 10.3. The van der Waals surface area contributed by atoms with Crippen molar-refractivity contribution in [1.29, 1.82) is 0 Å². The van der Waals surface area contributed by atoms with Gasteiger partial charge in [0.15, 0.2) is 0 Å². The third kappa shape index (κ3) is 3.85. The van der Waals surface area contributed by atoms with E-state index in [4.69, 9.17) is 5.11 Å². The summed E-state index contributed by atoms with van der Waals surface area (Å²) in [4.78, 5) is 11.9. The number of nitrogens with zero attached hydrogens (tertiary/aromatic N) is 2. The molecule has 17 heavy (non-hydrogen) atoms. The van der Waals surface area contributed by atoms with Crippen molar-refractivity contribution in [3.8, 4) is 0 Å². The Morgan fingerprint density at radius 3 is 2.82 bits per heavy atom. The summed E-state index contributed by atoms with van der Waals surface area (Å²) < 4.78 is 1.72. The number of carbonyl (C=O) groups is 1. The fourth-order valence-corrected chi connectivity index (χ4v) is 1.60. The first-order chi connectivity index (χ1) is 8.22. The van der Waals surface area contributed by atoms with Gasteiger partial charge in [-0.15, -0.1) is 0 Å². The monoisotopic (exact) mass is 239 g/mol. The first-order valence-corrected chi connectivity index (χ1v) is 6.18. The molecule has 1 heterocycles. The highest BCUT2D eigenvalue weighted by Gasteiger charge is 2.12. The van der Waals surface area contributed by atoms with Crippen molar-refractivity contribution in [2.75, 3.05) is 13.2 Å². The van der Waals surface area contributed by atoms with Crippen molar-refractivity contribution in [2.24, 2.45) is 0 Å². The predicted octanol–water partition coefficient (Wildman–Crippen LogP) is 0.968. The van der Waals surface area contributed by atoms with E-state index in [-0.39, 0.29) is 12.5 Å². The van der Waals surface area contributed by atoms with Crippen LogP contribution in [-0.2, 0) is 13.0 Å². The van der Waals surface area contributed by atoms with Gasteiger partial charge in [-0.05, 0) is 32.3 Å². The average Bonchev–Trinajstić information content (AvgIpc) is 2.77. The second-order valence-corrected chi connectivity index (χ2v) is 3.88. The normalized spacial score (nSPS) is 10.5. The van der Waals surface area contributed by atoms with Gasteiger partial charge in [0.05, 0.1) is 5.69 Å². The second-order valence-electron chi connectivity index (χ2n) is 3.88. The number of aryl methyl sites for hydroxylation is 2. The van der Waals surface area contributed by atoms with Crippen LogP contribution in [0, 0.1) is 0 Å². The lowest BCUT2D eigenvalue weighted by molar-refractivity contribution is 0.0941. The summed E-state index contributed by atoms with van der Waals surface area (Å²) in [6.07, 6.45) is 2.34. The topological polar surface area (TPSA) is 67.2 Å². The molecule has 5 nitrogen and oxygen atoms in total. The molecule has 0 atom stereocenters. The van der Waals surface area contributed by atoms with Crippen LogP contribution in [0.25, 0.3) is 0 Å². The number of rotatable bonds is 7. The van der Waals surface area contributed by atoms with Crippen LogP contribution >= 0.6 is 0 Å². The zero-order chi connectivity index (χ0) is 12.7. The number of amides is 1. The summed E-state index contributed by atoms with van der Waals surface area (Å²) in [6, 6.07) is 1.84. The number of nitrogens with one attached hydrogen (secondary N) is 1. The maximum Gasteiger partial charge on any atom is 0.269 e. The highest BCUT2D eigenvalue weighted by Crippen LogP contribution is 2.05. The Morgan fingerprint density at radius 1 is 1.47 bits per heavy atom. The minimum atomic E-state index is -0.0861. The molecule has 1 amide bonds. The summed E-state index contributed by atoms with van der Waals surface area (Å²) in [7, 11) is 0. The Bertz CT molecular complexity index is 361. The second kappa shape index (κ2) is 7.06. The van der Waals surface area contributed by atoms with Crippen LogP contribution in [0.5, 0.6) is 0 Å². The van der Waals surface area contributed by atoms with Crippen molar-refractivity contribution in [3.05, 3.63) is 17.5 Å². The molecule has 0 bridgehead atoms. The lowest BCUT2D eigenvalue weighted by Gasteiger charge is -2.05. The molecular formula is C12H21N3O2. The third-order valence-corrected chi connectivity index (χ3v) is 2.60. The van der Waals surface area contributed by atoms with Crippen LogP contribution in [0.3, 0.4) is 0 Å². The number of hydrogen-bond acceptors (Lipinski definition) is 3. The predicted molar refractivity (Wildman–Crippen MR) is 65.9 cm³/mol. The van der Waals surface area contributed by atoms with Gasteiger partial charge < -0.3 is 10.4 Å². The summed E-state index contributed by atoms with van der Waals surface area (Å²) in [6.45, 7) is 5.44. The highest BCUT2D eigenvalue weighted by atomic mass is 16.2. The molecule has 2 N–H and O–H groups in total. The fraction of sp³-hybridized carbons (Fsp3) is 0.667. The Labute approximate surface area is 102 Å². The average molecular weight is 239 g/mol. The van der Waals surface area contributed by atoms with E-state index >= 15 is 0 Å². The molecule has 0 aliphatic carbocycles. The molecule has 0 radical (unpaired) electrons. The van der Waals surface area contributed by atoms with Crippen molar-refractivity contribution in [3.63, 3.8) is 0 Å². The van der Waals surface area contributed by atoms with Crippen molar-refractivity contribution < 1.29 is 9.90 Å². The van der Waals surface area contributed by atoms with Gasteiger partial charge >= 0.3 is 0 Å². The van der Waals surface area contributed by atoms with Crippen LogP contribution in [0.15, 0.2) is 6.07 Å². The molecule has 0 aliphatic rings. The van der Waals surface area contributed by atoms with E-state index in [2.05, 4.69) is 10.4 Å². The van der Waals surface area contributed by atoms with Crippen LogP contribution in [0.2, 0.25) is 0 Å². The largest absolute Gasteiger partial charge is 0.396 e. The van der Waals surface area contributed by atoms with Crippen molar-refractivity contribution >= 4 is 5.91 Å². The van der Waals surface area contributed by atoms with Crippen molar-refractivity contribution in [1.82, 2.24) is 15.1 Å². The quantitative estimate of drug-likeness (QED) is 0.697. The lowest BCUT2D eigenvalue weighted by Crippen LogP contribution is -2.27. The number of aliphatic hydroxyl groups is 1. The number of carbonyl (C=O) groups excluding carboxylic acids is 1. The van der Waals surface area contributed by atoms with Gasteiger partial charge in [0, 0.05) is 19.7 Å². The Kier molecular flexibility index (Phi) is 5.69. The van der Waals surface area contributed by atoms with Gasteiger partial charge in [-0.1, -0.05) is 6.92 Å². The fourth-order valence-electron chi connectivity index (χ4n) is 1.60. The zero-order valence-electron chi connectivity index (χ0n) is 10.6. The zero-order valence-corrected chi connectivity index (χ0v) is 10.6. The maximum absolute atomic E-state index is 11.9. The van der Waals surface area contributed by atoms with Gasteiger partial charge in [-0.2, -0.15) is 5.10 Å². The van der Waals surface area contributed by atoms with Crippen LogP contribution < -0.4 is 5.32 Å². The molecule has 96 valence electrons. The molecule has 1 rings (SSSR count). The third-order valence-electron chi connectivity index (χ3n) is 2.60. The smallest absolute Gasteiger partial charge is 0.269 e. The Morgan fingerprint density at radius 2 is 2.24 bits per heavy atom. The number of aliphatic hydroxyl groups excluding tert-OH is 1. The molecule has 0 unspecified atom stereocenters. The first kappa shape index (κ1) is 13.7. The molecule has 0 fully saturated rings. The Hall–Kier alpha value is -1.36. The minimum Gasteiger partial charge on any atom is -0.396 e. The van der Waals surface area contributed by atoms with Gasteiger partial charge in [-0.3, -0.25) is 9.48 Å². The first-order valence-electron chi connectivity index (χ1n) is 6.18. The molecule has 0 aliphatic heterocycles. The molecule has 0 aromatic carbocycles. The SMILES string of the molecule is CCc1cc(C(=O)NCCCCO)n(CC)n1. The highest BCUT2D eigenvalue weighted by molar-refractivity contribution is 5.92. The van der Waals surface area contributed by atoms with Crippen LogP contribution in [0.4, 0.5) is 0 Å². The number of aromatic nitrogens is 2. The molecule has 1 aromatic heterocycles. The Balaban J connectivity index is 2.58.